The standard InChI is InChI=1S/C12H25N3O2/c1-10-4-7-15(11(10)9-16)8-12(17)14(2)6-3-5-13/h10-11,16H,3-9,13H2,1-2H3. The van der Waals surface area contributed by atoms with Crippen LogP contribution in [-0.2, 0) is 4.79 Å². The molecule has 17 heavy (non-hydrogen) atoms. The topological polar surface area (TPSA) is 69.8 Å². The van der Waals surface area contributed by atoms with Gasteiger partial charge in [-0.1, -0.05) is 6.92 Å². The molecule has 5 heteroatoms. The van der Waals surface area contributed by atoms with Gasteiger partial charge in [-0.2, -0.15) is 0 Å². The second-order valence-electron chi connectivity index (χ2n) is 4.94. The van der Waals surface area contributed by atoms with E-state index in [9.17, 15) is 9.90 Å². The fourth-order valence-corrected chi connectivity index (χ4v) is 2.33. The van der Waals surface area contributed by atoms with Gasteiger partial charge in [-0.3, -0.25) is 9.69 Å². The summed E-state index contributed by atoms with van der Waals surface area (Å²) in [6, 6.07) is 0.141. The number of nitrogens with zero attached hydrogens (tertiary/aromatic N) is 2. The second-order valence-corrected chi connectivity index (χ2v) is 4.94. The molecule has 1 rings (SSSR count). The first-order chi connectivity index (χ1) is 8.10. The number of hydrogen-bond acceptors (Lipinski definition) is 4. The van der Waals surface area contributed by atoms with Crippen LogP contribution in [0.2, 0.25) is 0 Å². The zero-order valence-electron chi connectivity index (χ0n) is 10.9. The Morgan fingerprint density at radius 1 is 1.59 bits per heavy atom. The van der Waals surface area contributed by atoms with Gasteiger partial charge in [0.25, 0.3) is 0 Å². The molecule has 1 heterocycles. The van der Waals surface area contributed by atoms with Crippen molar-refractivity contribution >= 4 is 5.91 Å². The third-order valence-electron chi connectivity index (χ3n) is 3.65. The molecule has 0 aromatic heterocycles. The zero-order chi connectivity index (χ0) is 12.8. The van der Waals surface area contributed by atoms with Crippen LogP contribution in [0.3, 0.4) is 0 Å². The van der Waals surface area contributed by atoms with Crippen LogP contribution in [0.1, 0.15) is 19.8 Å². The van der Waals surface area contributed by atoms with E-state index in [1.807, 2.05) is 7.05 Å². The van der Waals surface area contributed by atoms with Gasteiger partial charge in [0.15, 0.2) is 0 Å². The molecule has 1 aliphatic heterocycles. The van der Waals surface area contributed by atoms with E-state index in [0.29, 0.717) is 25.6 Å². The first-order valence-electron chi connectivity index (χ1n) is 6.39. The lowest BCUT2D eigenvalue weighted by atomic mass is 10.0. The summed E-state index contributed by atoms with van der Waals surface area (Å²) in [4.78, 5) is 15.8. The maximum atomic E-state index is 11.9. The molecule has 100 valence electrons. The minimum atomic E-state index is 0.117. The predicted molar refractivity (Wildman–Crippen MR) is 67.5 cm³/mol. The van der Waals surface area contributed by atoms with Crippen LogP contribution in [0.15, 0.2) is 0 Å². The number of likely N-dealkylation sites (N-methyl/N-ethyl adjacent to an activating group) is 1. The van der Waals surface area contributed by atoms with Crippen molar-refractivity contribution in [3.63, 3.8) is 0 Å². The van der Waals surface area contributed by atoms with Crippen molar-refractivity contribution in [1.82, 2.24) is 9.80 Å². The number of carbonyl (C=O) groups is 1. The smallest absolute Gasteiger partial charge is 0.236 e. The van der Waals surface area contributed by atoms with Crippen LogP contribution in [0, 0.1) is 5.92 Å². The summed E-state index contributed by atoms with van der Waals surface area (Å²) >= 11 is 0. The molecular formula is C12H25N3O2. The van der Waals surface area contributed by atoms with Crippen LogP contribution in [-0.4, -0.2) is 66.7 Å². The number of rotatable bonds is 6. The van der Waals surface area contributed by atoms with Crippen LogP contribution < -0.4 is 5.73 Å². The summed E-state index contributed by atoms with van der Waals surface area (Å²) in [6.07, 6.45) is 1.90. The normalized spacial score (nSPS) is 25.2. The SMILES string of the molecule is CC1CCN(CC(=O)N(C)CCCN)C1CO. The molecule has 0 spiro atoms. The van der Waals surface area contributed by atoms with E-state index in [1.165, 1.54) is 0 Å². The molecular weight excluding hydrogens is 218 g/mol. The van der Waals surface area contributed by atoms with E-state index in [0.717, 1.165) is 19.4 Å². The molecule has 1 saturated heterocycles. The monoisotopic (exact) mass is 243 g/mol. The van der Waals surface area contributed by atoms with Gasteiger partial charge in [0.1, 0.15) is 0 Å². The average Bonchev–Trinajstić information content (AvgIpc) is 2.66. The first-order valence-corrected chi connectivity index (χ1v) is 6.39. The highest BCUT2D eigenvalue weighted by atomic mass is 16.3. The Balaban J connectivity index is 2.40. The van der Waals surface area contributed by atoms with Crippen LogP contribution >= 0.6 is 0 Å². The number of carbonyl (C=O) groups excluding carboxylic acids is 1. The van der Waals surface area contributed by atoms with Crippen molar-refractivity contribution in [2.24, 2.45) is 11.7 Å². The molecule has 1 amide bonds. The van der Waals surface area contributed by atoms with E-state index in [1.54, 1.807) is 4.90 Å². The number of aliphatic hydroxyl groups is 1. The van der Waals surface area contributed by atoms with E-state index >= 15 is 0 Å². The molecule has 3 N–H and O–H groups in total. The van der Waals surface area contributed by atoms with Gasteiger partial charge < -0.3 is 15.7 Å². The Labute approximate surface area is 104 Å². The van der Waals surface area contributed by atoms with E-state index < -0.39 is 0 Å². The van der Waals surface area contributed by atoms with Gasteiger partial charge in [-0.05, 0) is 31.8 Å². The van der Waals surface area contributed by atoms with Crippen molar-refractivity contribution in [3.8, 4) is 0 Å². The molecule has 0 aromatic rings. The van der Waals surface area contributed by atoms with Crippen molar-refractivity contribution in [2.75, 3.05) is 39.8 Å². The van der Waals surface area contributed by atoms with Gasteiger partial charge in [0, 0.05) is 19.6 Å². The lowest BCUT2D eigenvalue weighted by Crippen LogP contribution is -2.43. The quantitative estimate of drug-likeness (QED) is 0.659. The summed E-state index contributed by atoms with van der Waals surface area (Å²) in [5.74, 6) is 0.591. The average molecular weight is 243 g/mol. The third kappa shape index (κ3) is 3.94. The molecule has 5 nitrogen and oxygen atoms in total. The molecule has 0 aliphatic carbocycles. The molecule has 1 aliphatic rings. The second kappa shape index (κ2) is 6.93. The van der Waals surface area contributed by atoms with Crippen LogP contribution in [0.25, 0.3) is 0 Å². The maximum Gasteiger partial charge on any atom is 0.236 e. The van der Waals surface area contributed by atoms with Crippen molar-refractivity contribution in [1.29, 1.82) is 0 Å². The number of hydrogen-bond donors (Lipinski definition) is 2. The van der Waals surface area contributed by atoms with E-state index in [2.05, 4.69) is 11.8 Å². The zero-order valence-corrected chi connectivity index (χ0v) is 10.9. The molecule has 0 aromatic carbocycles. The number of aliphatic hydroxyl groups excluding tert-OH is 1. The summed E-state index contributed by atoms with van der Waals surface area (Å²) in [5.41, 5.74) is 5.42. The summed E-state index contributed by atoms with van der Waals surface area (Å²) in [5, 5.41) is 9.32. The molecule has 0 saturated carbocycles. The Morgan fingerprint density at radius 3 is 2.88 bits per heavy atom. The molecule has 1 fully saturated rings. The minimum Gasteiger partial charge on any atom is -0.395 e. The van der Waals surface area contributed by atoms with Crippen molar-refractivity contribution in [2.45, 2.75) is 25.8 Å². The first kappa shape index (κ1) is 14.4. The molecule has 2 atom stereocenters. The summed E-state index contributed by atoms with van der Waals surface area (Å²) in [7, 11) is 1.81. The summed E-state index contributed by atoms with van der Waals surface area (Å²) < 4.78 is 0. The van der Waals surface area contributed by atoms with E-state index in [4.69, 9.17) is 5.73 Å². The van der Waals surface area contributed by atoms with Crippen LogP contribution in [0.5, 0.6) is 0 Å². The molecule has 0 bridgehead atoms. The van der Waals surface area contributed by atoms with Crippen molar-refractivity contribution < 1.29 is 9.90 Å². The number of nitrogens with two attached hydrogens (primary N) is 1. The number of likely N-dealkylation sites (tertiary alicyclic amines) is 1. The number of amides is 1. The predicted octanol–water partition coefficient (Wildman–Crippen LogP) is -0.504. The fourth-order valence-electron chi connectivity index (χ4n) is 2.33. The lowest BCUT2D eigenvalue weighted by molar-refractivity contribution is -0.131. The van der Waals surface area contributed by atoms with Crippen molar-refractivity contribution in [3.05, 3.63) is 0 Å². The van der Waals surface area contributed by atoms with Gasteiger partial charge in [-0.15, -0.1) is 0 Å². The largest absolute Gasteiger partial charge is 0.395 e. The fraction of sp³-hybridized carbons (Fsp3) is 0.917. The molecule has 2 unspecified atom stereocenters. The Morgan fingerprint density at radius 2 is 2.29 bits per heavy atom. The van der Waals surface area contributed by atoms with Gasteiger partial charge in [0.2, 0.25) is 5.91 Å². The van der Waals surface area contributed by atoms with Crippen LogP contribution in [0.4, 0.5) is 0 Å². The van der Waals surface area contributed by atoms with Gasteiger partial charge >= 0.3 is 0 Å². The maximum absolute atomic E-state index is 11.9. The minimum absolute atomic E-state index is 0.117. The molecule has 0 radical (unpaired) electrons. The van der Waals surface area contributed by atoms with E-state index in [-0.39, 0.29) is 18.6 Å². The highest BCUT2D eigenvalue weighted by Crippen LogP contribution is 2.23. The highest BCUT2D eigenvalue weighted by molar-refractivity contribution is 5.78. The Bertz CT molecular complexity index is 248. The Hall–Kier alpha value is -0.650. The summed E-state index contributed by atoms with van der Waals surface area (Å²) in [6.45, 7) is 4.91. The van der Waals surface area contributed by atoms with Gasteiger partial charge in [-0.25, -0.2) is 0 Å². The Kier molecular flexibility index (Phi) is 5.88. The lowest BCUT2D eigenvalue weighted by Gasteiger charge is -2.26. The van der Waals surface area contributed by atoms with Gasteiger partial charge in [0.05, 0.1) is 13.2 Å². The highest BCUT2D eigenvalue weighted by Gasteiger charge is 2.31. The third-order valence-corrected chi connectivity index (χ3v) is 3.65.